The first-order chi connectivity index (χ1) is 12.8. The van der Waals surface area contributed by atoms with Crippen molar-refractivity contribution in [3.63, 3.8) is 0 Å². The van der Waals surface area contributed by atoms with Crippen molar-refractivity contribution in [2.24, 2.45) is 0 Å². The topological polar surface area (TPSA) is 90.3 Å². The van der Waals surface area contributed by atoms with E-state index in [1.54, 1.807) is 17.9 Å². The zero-order valence-corrected chi connectivity index (χ0v) is 16.7. The summed E-state index contributed by atoms with van der Waals surface area (Å²) in [5.41, 5.74) is 4.27. The Morgan fingerprint density at radius 2 is 2.07 bits per heavy atom. The monoisotopic (exact) mass is 391 g/mol. The summed E-state index contributed by atoms with van der Waals surface area (Å²) in [6.07, 6.45) is 0.507. The third-order valence-corrected chi connectivity index (χ3v) is 6.67. The molecular weight excluding hydrogens is 366 g/mol. The van der Waals surface area contributed by atoms with Crippen LogP contribution in [-0.4, -0.2) is 55.9 Å². The van der Waals surface area contributed by atoms with Crippen LogP contribution in [-0.2, 0) is 14.6 Å². The minimum atomic E-state index is -3.06. The summed E-state index contributed by atoms with van der Waals surface area (Å²) in [6, 6.07) is 7.51. The lowest BCUT2D eigenvalue weighted by Gasteiger charge is -2.14. The quantitative estimate of drug-likeness (QED) is 0.760. The van der Waals surface area contributed by atoms with Gasteiger partial charge in [-0.1, -0.05) is 12.1 Å². The van der Waals surface area contributed by atoms with Crippen molar-refractivity contribution in [1.29, 1.82) is 0 Å². The van der Waals surface area contributed by atoms with E-state index in [-0.39, 0.29) is 29.1 Å². The summed E-state index contributed by atoms with van der Waals surface area (Å²) < 4.78 is 30.5. The molecule has 0 spiro atoms. The first-order valence-corrected chi connectivity index (χ1v) is 10.8. The molecule has 8 heteroatoms. The predicted molar refractivity (Wildman–Crippen MR) is 104 cm³/mol. The molecule has 1 aromatic carbocycles. The second-order valence-electron chi connectivity index (χ2n) is 6.96. The lowest BCUT2D eigenvalue weighted by Crippen LogP contribution is -2.27. The Labute approximate surface area is 159 Å². The molecule has 0 aliphatic carbocycles. The number of nitrogens with one attached hydrogen (secondary N) is 1. The number of carbonyl (C=O) groups excluding carboxylic acids is 1. The van der Waals surface area contributed by atoms with Gasteiger partial charge in [0, 0.05) is 19.2 Å². The van der Waals surface area contributed by atoms with Crippen molar-refractivity contribution in [2.45, 2.75) is 26.3 Å². The van der Waals surface area contributed by atoms with Crippen molar-refractivity contribution >= 4 is 15.7 Å². The van der Waals surface area contributed by atoms with E-state index in [0.29, 0.717) is 19.6 Å². The van der Waals surface area contributed by atoms with Gasteiger partial charge in [0.15, 0.2) is 15.5 Å². The molecule has 1 atom stereocenters. The average Bonchev–Trinajstić information content (AvgIpc) is 3.21. The highest BCUT2D eigenvalue weighted by atomic mass is 32.2. The highest BCUT2D eigenvalue weighted by molar-refractivity contribution is 7.91. The number of rotatable bonds is 6. The molecule has 2 heterocycles. The number of ether oxygens (including phenoxy) is 1. The number of aromatic nitrogens is 2. The number of aryl methyl sites for hydroxylation is 2. The third-order valence-electron chi connectivity index (χ3n) is 4.92. The van der Waals surface area contributed by atoms with Crippen molar-refractivity contribution in [3.8, 4) is 11.3 Å². The largest absolute Gasteiger partial charge is 0.383 e. The van der Waals surface area contributed by atoms with E-state index in [9.17, 15) is 13.2 Å². The highest BCUT2D eigenvalue weighted by Gasteiger charge is 2.32. The number of hydrogen-bond acceptors (Lipinski definition) is 5. The lowest BCUT2D eigenvalue weighted by molar-refractivity contribution is 0.0931. The molecule has 0 radical (unpaired) electrons. The standard InChI is InChI=1S/C19H25N3O4S/c1-13-4-5-15(10-14(13)2)18-11-17(19(23)20-7-8-26-3)21-22(18)16-6-9-27(24,25)12-16/h4-5,10-11,16H,6-9,12H2,1-3H3,(H,20,23)/t16-/m0/s1. The van der Waals surface area contributed by atoms with Crippen LogP contribution < -0.4 is 5.32 Å². The van der Waals surface area contributed by atoms with Gasteiger partial charge in [-0.15, -0.1) is 0 Å². The van der Waals surface area contributed by atoms with Gasteiger partial charge in [-0.25, -0.2) is 8.42 Å². The molecule has 2 aromatic rings. The van der Waals surface area contributed by atoms with Crippen molar-refractivity contribution < 1.29 is 17.9 Å². The smallest absolute Gasteiger partial charge is 0.271 e. The van der Waals surface area contributed by atoms with Gasteiger partial charge in [-0.05, 0) is 43.5 Å². The zero-order chi connectivity index (χ0) is 19.6. The molecule has 3 rings (SSSR count). The van der Waals surface area contributed by atoms with E-state index in [0.717, 1.165) is 16.8 Å². The average molecular weight is 391 g/mol. The molecule has 27 heavy (non-hydrogen) atoms. The summed E-state index contributed by atoms with van der Waals surface area (Å²) in [5.74, 6) is -0.0898. The van der Waals surface area contributed by atoms with Gasteiger partial charge in [0.2, 0.25) is 0 Å². The Hall–Kier alpha value is -2.19. The number of methoxy groups -OCH3 is 1. The van der Waals surface area contributed by atoms with Crippen LogP contribution in [0.15, 0.2) is 24.3 Å². The number of sulfone groups is 1. The van der Waals surface area contributed by atoms with Crippen LogP contribution in [0.2, 0.25) is 0 Å². The van der Waals surface area contributed by atoms with Gasteiger partial charge in [-0.2, -0.15) is 5.10 Å². The van der Waals surface area contributed by atoms with Crippen molar-refractivity contribution in [3.05, 3.63) is 41.1 Å². The number of hydrogen-bond donors (Lipinski definition) is 1. The van der Waals surface area contributed by atoms with Crippen LogP contribution in [0, 0.1) is 13.8 Å². The maximum atomic E-state index is 12.4. The summed E-state index contributed by atoms with van der Waals surface area (Å²) >= 11 is 0. The fraction of sp³-hybridized carbons (Fsp3) is 0.474. The number of nitrogens with zero attached hydrogens (tertiary/aromatic N) is 2. The van der Waals surface area contributed by atoms with E-state index in [1.807, 2.05) is 32.0 Å². The Balaban J connectivity index is 1.99. The third kappa shape index (κ3) is 4.39. The van der Waals surface area contributed by atoms with Gasteiger partial charge in [0.05, 0.1) is 29.8 Å². The second-order valence-corrected chi connectivity index (χ2v) is 9.19. The molecule has 1 aliphatic rings. The van der Waals surface area contributed by atoms with Gasteiger partial charge in [-0.3, -0.25) is 9.48 Å². The van der Waals surface area contributed by atoms with Crippen LogP contribution in [0.4, 0.5) is 0 Å². The zero-order valence-electron chi connectivity index (χ0n) is 15.9. The molecule has 1 aromatic heterocycles. The molecule has 0 bridgehead atoms. The van der Waals surface area contributed by atoms with Crippen LogP contribution in [0.25, 0.3) is 11.3 Å². The van der Waals surface area contributed by atoms with Gasteiger partial charge < -0.3 is 10.1 Å². The maximum Gasteiger partial charge on any atom is 0.271 e. The SMILES string of the molecule is COCCNC(=O)c1cc(-c2ccc(C)c(C)c2)n([C@H]2CCS(=O)(=O)C2)n1. The Bertz CT molecular complexity index is 950. The van der Waals surface area contributed by atoms with Crippen LogP contribution in [0.5, 0.6) is 0 Å². The molecule has 1 amide bonds. The fourth-order valence-corrected chi connectivity index (χ4v) is 4.92. The van der Waals surface area contributed by atoms with E-state index < -0.39 is 9.84 Å². The molecule has 146 valence electrons. The maximum absolute atomic E-state index is 12.4. The molecule has 1 fully saturated rings. The summed E-state index contributed by atoms with van der Waals surface area (Å²) in [4.78, 5) is 12.4. The molecule has 0 saturated carbocycles. The molecule has 7 nitrogen and oxygen atoms in total. The number of amides is 1. The van der Waals surface area contributed by atoms with Gasteiger partial charge >= 0.3 is 0 Å². The van der Waals surface area contributed by atoms with E-state index >= 15 is 0 Å². The highest BCUT2D eigenvalue weighted by Crippen LogP contribution is 2.31. The van der Waals surface area contributed by atoms with Crippen molar-refractivity contribution in [1.82, 2.24) is 15.1 Å². The van der Waals surface area contributed by atoms with Crippen molar-refractivity contribution in [2.75, 3.05) is 31.8 Å². The second kappa shape index (κ2) is 7.82. The fourth-order valence-electron chi connectivity index (χ4n) is 3.23. The van der Waals surface area contributed by atoms with Crippen LogP contribution in [0.1, 0.15) is 34.1 Å². The molecule has 1 N–H and O–H groups in total. The normalized spacial score (nSPS) is 18.6. The van der Waals surface area contributed by atoms with E-state index in [4.69, 9.17) is 4.74 Å². The summed E-state index contributed by atoms with van der Waals surface area (Å²) in [7, 11) is -1.50. The molecule has 1 aliphatic heterocycles. The Morgan fingerprint density at radius 1 is 1.30 bits per heavy atom. The molecule has 0 unspecified atom stereocenters. The summed E-state index contributed by atoms with van der Waals surface area (Å²) in [5, 5.41) is 7.23. The first-order valence-electron chi connectivity index (χ1n) is 8.95. The Morgan fingerprint density at radius 3 is 2.70 bits per heavy atom. The first kappa shape index (κ1) is 19.6. The van der Waals surface area contributed by atoms with Gasteiger partial charge in [0.1, 0.15) is 0 Å². The van der Waals surface area contributed by atoms with Crippen LogP contribution >= 0.6 is 0 Å². The number of benzene rings is 1. The van der Waals surface area contributed by atoms with Gasteiger partial charge in [0.25, 0.3) is 5.91 Å². The number of carbonyl (C=O) groups is 1. The van der Waals surface area contributed by atoms with E-state index in [1.165, 1.54) is 5.56 Å². The lowest BCUT2D eigenvalue weighted by atomic mass is 10.0. The minimum Gasteiger partial charge on any atom is -0.383 e. The Kier molecular flexibility index (Phi) is 5.67. The van der Waals surface area contributed by atoms with E-state index in [2.05, 4.69) is 10.4 Å². The molecule has 1 saturated heterocycles. The minimum absolute atomic E-state index is 0.0528. The molecular formula is C19H25N3O4S. The van der Waals surface area contributed by atoms with Crippen LogP contribution in [0.3, 0.4) is 0 Å². The predicted octanol–water partition coefficient (Wildman–Crippen LogP) is 1.90. The summed E-state index contributed by atoms with van der Waals surface area (Å²) in [6.45, 7) is 4.86.